The van der Waals surface area contributed by atoms with Gasteiger partial charge in [-0.25, -0.2) is 9.59 Å². The zero-order valence-corrected chi connectivity index (χ0v) is 10.1. The summed E-state index contributed by atoms with van der Waals surface area (Å²) in [6.45, 7) is 1.71. The highest BCUT2D eigenvalue weighted by molar-refractivity contribution is 5.90. The van der Waals surface area contributed by atoms with Gasteiger partial charge < -0.3 is 10.2 Å². The van der Waals surface area contributed by atoms with Crippen LogP contribution in [0.15, 0.2) is 36.5 Å². The first-order valence-electron chi connectivity index (χ1n) is 5.52. The number of carboxylic acid groups (broad SMARTS) is 2. The lowest BCUT2D eigenvalue weighted by Crippen LogP contribution is -2.00. The van der Waals surface area contributed by atoms with Gasteiger partial charge in [0.1, 0.15) is 0 Å². The Bertz CT molecular complexity index is 647. The SMILES string of the molecule is Cc1cc(-c2ccc(C(=O)O)cn2)ccc1C(=O)O. The highest BCUT2D eigenvalue weighted by Crippen LogP contribution is 2.20. The molecular formula is C14H11NO4. The summed E-state index contributed by atoms with van der Waals surface area (Å²) < 4.78 is 0. The lowest BCUT2D eigenvalue weighted by molar-refractivity contribution is 0.0685. The first-order chi connectivity index (χ1) is 8.99. The van der Waals surface area contributed by atoms with Crippen LogP contribution in [0.25, 0.3) is 11.3 Å². The van der Waals surface area contributed by atoms with Crippen molar-refractivity contribution in [2.45, 2.75) is 6.92 Å². The quantitative estimate of drug-likeness (QED) is 0.881. The van der Waals surface area contributed by atoms with Crippen molar-refractivity contribution >= 4 is 11.9 Å². The Morgan fingerprint density at radius 2 is 1.79 bits per heavy atom. The van der Waals surface area contributed by atoms with E-state index in [4.69, 9.17) is 10.2 Å². The van der Waals surface area contributed by atoms with E-state index in [0.717, 1.165) is 5.56 Å². The first kappa shape index (κ1) is 12.8. The summed E-state index contributed by atoms with van der Waals surface area (Å²) in [4.78, 5) is 25.7. The molecule has 5 nitrogen and oxygen atoms in total. The minimum Gasteiger partial charge on any atom is -0.478 e. The molecule has 0 spiro atoms. The van der Waals surface area contributed by atoms with Crippen molar-refractivity contribution in [3.05, 3.63) is 53.2 Å². The van der Waals surface area contributed by atoms with Gasteiger partial charge in [0.15, 0.2) is 0 Å². The Morgan fingerprint density at radius 3 is 2.26 bits per heavy atom. The smallest absolute Gasteiger partial charge is 0.337 e. The molecule has 1 aromatic carbocycles. The van der Waals surface area contributed by atoms with Gasteiger partial charge in [-0.1, -0.05) is 6.07 Å². The van der Waals surface area contributed by atoms with Crippen LogP contribution < -0.4 is 0 Å². The van der Waals surface area contributed by atoms with Crippen molar-refractivity contribution in [3.63, 3.8) is 0 Å². The number of hydrogen-bond acceptors (Lipinski definition) is 3. The van der Waals surface area contributed by atoms with Gasteiger partial charge >= 0.3 is 11.9 Å². The molecule has 0 aliphatic rings. The molecule has 0 radical (unpaired) electrons. The van der Waals surface area contributed by atoms with Crippen LogP contribution in [0.5, 0.6) is 0 Å². The largest absolute Gasteiger partial charge is 0.478 e. The van der Waals surface area contributed by atoms with Crippen LogP contribution in [0, 0.1) is 6.92 Å². The van der Waals surface area contributed by atoms with E-state index in [1.54, 1.807) is 25.1 Å². The molecular weight excluding hydrogens is 246 g/mol. The number of pyridine rings is 1. The summed E-state index contributed by atoms with van der Waals surface area (Å²) in [5.74, 6) is -2.00. The van der Waals surface area contributed by atoms with Gasteiger partial charge in [0, 0.05) is 11.8 Å². The molecule has 1 aromatic heterocycles. The standard InChI is InChI=1S/C14H11NO4/c1-8-6-9(2-4-11(8)14(18)19)12-5-3-10(7-15-12)13(16)17/h2-7H,1H3,(H,16,17)(H,18,19). The summed E-state index contributed by atoms with van der Waals surface area (Å²) >= 11 is 0. The molecule has 2 rings (SSSR count). The molecule has 2 aromatic rings. The fourth-order valence-electron chi connectivity index (χ4n) is 1.75. The maximum absolute atomic E-state index is 10.9. The average molecular weight is 257 g/mol. The topological polar surface area (TPSA) is 87.5 Å². The zero-order valence-electron chi connectivity index (χ0n) is 10.1. The maximum atomic E-state index is 10.9. The van der Waals surface area contributed by atoms with E-state index in [-0.39, 0.29) is 11.1 Å². The number of hydrogen-bond donors (Lipinski definition) is 2. The van der Waals surface area contributed by atoms with Gasteiger partial charge in [-0.15, -0.1) is 0 Å². The van der Waals surface area contributed by atoms with E-state index in [1.165, 1.54) is 18.3 Å². The molecule has 2 N–H and O–H groups in total. The van der Waals surface area contributed by atoms with Gasteiger partial charge in [-0.05, 0) is 36.8 Å². The molecule has 0 saturated carbocycles. The predicted molar refractivity (Wildman–Crippen MR) is 68.3 cm³/mol. The number of benzene rings is 1. The summed E-state index contributed by atoms with van der Waals surface area (Å²) in [6, 6.07) is 7.94. The molecule has 0 bridgehead atoms. The number of carbonyl (C=O) groups is 2. The van der Waals surface area contributed by atoms with E-state index < -0.39 is 11.9 Å². The fraction of sp³-hybridized carbons (Fsp3) is 0.0714. The van der Waals surface area contributed by atoms with Crippen LogP contribution in [-0.2, 0) is 0 Å². The van der Waals surface area contributed by atoms with E-state index in [1.807, 2.05) is 0 Å². The Morgan fingerprint density at radius 1 is 1.05 bits per heavy atom. The Labute approximate surface area is 109 Å². The zero-order chi connectivity index (χ0) is 14.0. The van der Waals surface area contributed by atoms with Gasteiger partial charge in [0.05, 0.1) is 16.8 Å². The Kier molecular flexibility index (Phi) is 3.29. The minimum absolute atomic E-state index is 0.114. The summed E-state index contributed by atoms with van der Waals surface area (Å²) in [6.07, 6.45) is 1.28. The molecule has 1 heterocycles. The molecule has 0 aliphatic carbocycles. The fourth-order valence-corrected chi connectivity index (χ4v) is 1.75. The highest BCUT2D eigenvalue weighted by Gasteiger charge is 2.09. The van der Waals surface area contributed by atoms with Crippen LogP contribution in [-0.4, -0.2) is 27.1 Å². The normalized spacial score (nSPS) is 10.2. The number of aromatic carboxylic acids is 2. The lowest BCUT2D eigenvalue weighted by Gasteiger charge is -2.05. The second-order valence-electron chi connectivity index (χ2n) is 4.07. The van der Waals surface area contributed by atoms with Gasteiger partial charge in [0.25, 0.3) is 0 Å². The Balaban J connectivity index is 2.39. The number of aryl methyl sites for hydroxylation is 1. The predicted octanol–water partition coefficient (Wildman–Crippen LogP) is 2.45. The molecule has 0 atom stereocenters. The van der Waals surface area contributed by atoms with Crippen LogP contribution in [0.4, 0.5) is 0 Å². The van der Waals surface area contributed by atoms with Gasteiger partial charge in [-0.2, -0.15) is 0 Å². The third kappa shape index (κ3) is 2.60. The monoisotopic (exact) mass is 257 g/mol. The van der Waals surface area contributed by atoms with Crippen LogP contribution >= 0.6 is 0 Å². The maximum Gasteiger partial charge on any atom is 0.337 e. The van der Waals surface area contributed by atoms with E-state index in [2.05, 4.69) is 4.98 Å². The van der Waals surface area contributed by atoms with Crippen molar-refractivity contribution in [1.29, 1.82) is 0 Å². The number of nitrogens with zero attached hydrogens (tertiary/aromatic N) is 1. The van der Waals surface area contributed by atoms with Gasteiger partial charge in [-0.3, -0.25) is 4.98 Å². The third-order valence-electron chi connectivity index (χ3n) is 2.76. The molecule has 0 fully saturated rings. The minimum atomic E-state index is -1.03. The second-order valence-corrected chi connectivity index (χ2v) is 4.07. The van der Waals surface area contributed by atoms with Crippen molar-refractivity contribution in [2.75, 3.05) is 0 Å². The number of aromatic nitrogens is 1. The summed E-state index contributed by atoms with van der Waals surface area (Å²) in [5, 5.41) is 17.7. The molecule has 96 valence electrons. The molecule has 19 heavy (non-hydrogen) atoms. The summed E-state index contributed by atoms with van der Waals surface area (Å²) in [7, 11) is 0. The molecule has 0 unspecified atom stereocenters. The van der Waals surface area contributed by atoms with Crippen LogP contribution in [0.2, 0.25) is 0 Å². The van der Waals surface area contributed by atoms with Crippen molar-refractivity contribution in [2.24, 2.45) is 0 Å². The lowest BCUT2D eigenvalue weighted by atomic mass is 10.0. The average Bonchev–Trinajstić information content (AvgIpc) is 2.38. The van der Waals surface area contributed by atoms with Crippen molar-refractivity contribution in [1.82, 2.24) is 4.98 Å². The molecule has 0 saturated heterocycles. The number of carboxylic acids is 2. The molecule has 0 aliphatic heterocycles. The summed E-state index contributed by atoms with van der Waals surface area (Å²) in [5.41, 5.74) is 2.34. The van der Waals surface area contributed by atoms with Crippen LogP contribution in [0.3, 0.4) is 0 Å². The van der Waals surface area contributed by atoms with Crippen molar-refractivity contribution < 1.29 is 19.8 Å². The second kappa shape index (κ2) is 4.89. The van der Waals surface area contributed by atoms with E-state index in [9.17, 15) is 9.59 Å². The molecule has 5 heteroatoms. The van der Waals surface area contributed by atoms with Gasteiger partial charge in [0.2, 0.25) is 0 Å². The van der Waals surface area contributed by atoms with Crippen LogP contribution in [0.1, 0.15) is 26.3 Å². The van der Waals surface area contributed by atoms with Crippen molar-refractivity contribution in [3.8, 4) is 11.3 Å². The highest BCUT2D eigenvalue weighted by atomic mass is 16.4. The third-order valence-corrected chi connectivity index (χ3v) is 2.76. The first-order valence-corrected chi connectivity index (χ1v) is 5.52. The van der Waals surface area contributed by atoms with E-state index >= 15 is 0 Å². The Hall–Kier alpha value is -2.69. The van der Waals surface area contributed by atoms with E-state index in [0.29, 0.717) is 11.3 Å². The molecule has 0 amide bonds. The number of rotatable bonds is 3.